The second-order valence-corrected chi connectivity index (χ2v) is 9.45. The largest absolute Gasteiger partial charge is 0.380 e. The highest BCUT2D eigenvalue weighted by Gasteiger charge is 2.19. The summed E-state index contributed by atoms with van der Waals surface area (Å²) in [5.41, 5.74) is 4.61. The van der Waals surface area contributed by atoms with Crippen molar-refractivity contribution in [2.45, 2.75) is 25.9 Å². The van der Waals surface area contributed by atoms with E-state index in [0.29, 0.717) is 16.5 Å². The Balaban J connectivity index is 1.47. The van der Waals surface area contributed by atoms with Crippen LogP contribution in [0.25, 0.3) is 10.4 Å². The van der Waals surface area contributed by atoms with E-state index in [1.165, 1.54) is 18.4 Å². The van der Waals surface area contributed by atoms with Crippen LogP contribution >= 0.6 is 11.3 Å². The molecule has 0 radical (unpaired) electrons. The molecule has 1 amide bonds. The predicted octanol–water partition coefficient (Wildman–Crippen LogP) is 4.43. The van der Waals surface area contributed by atoms with Gasteiger partial charge in [0.25, 0.3) is 5.91 Å². The summed E-state index contributed by atoms with van der Waals surface area (Å²) in [6, 6.07) is 18.0. The van der Waals surface area contributed by atoms with Gasteiger partial charge < -0.3 is 20.7 Å². The Hall–Kier alpha value is -3.00. The van der Waals surface area contributed by atoms with E-state index in [1.54, 1.807) is 0 Å². The van der Waals surface area contributed by atoms with Gasteiger partial charge in [-0.1, -0.05) is 24.3 Å². The molecule has 0 bridgehead atoms. The fourth-order valence-electron chi connectivity index (χ4n) is 3.75. The minimum absolute atomic E-state index is 0.0220. The Morgan fingerprint density at radius 1 is 1.15 bits per heavy atom. The van der Waals surface area contributed by atoms with E-state index in [0.717, 1.165) is 40.3 Å². The van der Waals surface area contributed by atoms with Crippen LogP contribution in [0.3, 0.4) is 0 Å². The molecular formula is C26H29N3O3S. The Kier molecular flexibility index (Phi) is 7.23. The highest BCUT2D eigenvalue weighted by atomic mass is 32.1. The molecule has 4 rings (SSSR count). The van der Waals surface area contributed by atoms with Crippen molar-refractivity contribution in [2.24, 2.45) is 0 Å². The molecule has 1 atom stereocenters. The number of Topliss-reactive ketones (excluding diaryl/α,β-unsaturated/α-hetero) is 1. The van der Waals surface area contributed by atoms with E-state index in [9.17, 15) is 9.59 Å². The molecule has 0 saturated carbocycles. The third-order valence-corrected chi connectivity index (χ3v) is 6.98. The minimum Gasteiger partial charge on any atom is -0.380 e. The number of methoxy groups -OCH3 is 1. The third-order valence-electron chi connectivity index (χ3n) is 5.81. The quantitative estimate of drug-likeness (QED) is 0.409. The summed E-state index contributed by atoms with van der Waals surface area (Å²) in [5, 5.41) is 9.83. The van der Waals surface area contributed by atoms with Gasteiger partial charge in [-0.05, 0) is 60.9 Å². The molecule has 172 valence electrons. The first-order valence-electron chi connectivity index (χ1n) is 11.1. The van der Waals surface area contributed by atoms with Crippen LogP contribution in [-0.2, 0) is 4.74 Å². The van der Waals surface area contributed by atoms with Gasteiger partial charge in [-0.2, -0.15) is 0 Å². The first kappa shape index (κ1) is 23.2. The number of thiophene rings is 1. The van der Waals surface area contributed by atoms with Crippen LogP contribution in [0, 0.1) is 6.92 Å². The third kappa shape index (κ3) is 5.50. The molecule has 0 spiro atoms. The molecule has 3 N–H and O–H groups in total. The van der Waals surface area contributed by atoms with Gasteiger partial charge in [-0.3, -0.25) is 9.59 Å². The van der Waals surface area contributed by atoms with Crippen LogP contribution in [0.1, 0.15) is 44.1 Å². The minimum atomic E-state index is -0.168. The normalized spacial score (nSPS) is 14.4. The molecule has 1 aliphatic heterocycles. The van der Waals surface area contributed by atoms with Gasteiger partial charge in [0.1, 0.15) is 6.61 Å². The molecule has 2 aromatic carbocycles. The van der Waals surface area contributed by atoms with Crippen molar-refractivity contribution in [1.29, 1.82) is 0 Å². The summed E-state index contributed by atoms with van der Waals surface area (Å²) in [5.74, 6) is -0.115. The number of ketones is 1. The van der Waals surface area contributed by atoms with Crippen LogP contribution in [0.15, 0.2) is 54.6 Å². The lowest BCUT2D eigenvalue weighted by Gasteiger charge is -2.29. The molecule has 1 unspecified atom stereocenters. The first-order valence-corrected chi connectivity index (χ1v) is 11.9. The molecule has 1 aliphatic rings. The lowest BCUT2D eigenvalue weighted by atomic mass is 10.0. The van der Waals surface area contributed by atoms with E-state index >= 15 is 0 Å². The van der Waals surface area contributed by atoms with Gasteiger partial charge in [-0.25, -0.2) is 0 Å². The summed E-state index contributed by atoms with van der Waals surface area (Å²) in [4.78, 5) is 26.8. The van der Waals surface area contributed by atoms with E-state index in [2.05, 4.69) is 22.0 Å². The summed E-state index contributed by atoms with van der Waals surface area (Å²) < 4.78 is 4.95. The summed E-state index contributed by atoms with van der Waals surface area (Å²) >= 11 is 1.45. The smallest absolute Gasteiger partial charge is 0.252 e. The van der Waals surface area contributed by atoms with E-state index < -0.39 is 0 Å². The van der Waals surface area contributed by atoms with Gasteiger partial charge in [-0.15, -0.1) is 11.3 Å². The standard InChI is InChI=1S/C26H29N3O3S/c1-16-7-8-20(29-21-13-27-14-21)12-22(16)26(31)28-17(2)18-5-4-6-19(11-18)24-9-10-25(33-24)23(30)15-32-3/h4-12,17,21,27,29H,13-15H2,1-3H3,(H,28,31). The lowest BCUT2D eigenvalue weighted by Crippen LogP contribution is -2.51. The van der Waals surface area contributed by atoms with E-state index in [-0.39, 0.29) is 24.3 Å². The van der Waals surface area contributed by atoms with Gasteiger partial charge >= 0.3 is 0 Å². The van der Waals surface area contributed by atoms with Crippen molar-refractivity contribution < 1.29 is 14.3 Å². The number of hydrogen-bond acceptors (Lipinski definition) is 6. The van der Waals surface area contributed by atoms with Crippen LogP contribution in [0.5, 0.6) is 0 Å². The zero-order valence-corrected chi connectivity index (χ0v) is 19.9. The molecule has 3 aromatic rings. The lowest BCUT2D eigenvalue weighted by molar-refractivity contribution is 0.0851. The highest BCUT2D eigenvalue weighted by molar-refractivity contribution is 7.17. The van der Waals surface area contributed by atoms with E-state index in [4.69, 9.17) is 4.74 Å². The second-order valence-electron chi connectivity index (χ2n) is 8.37. The Morgan fingerprint density at radius 2 is 1.97 bits per heavy atom. The molecule has 1 aromatic heterocycles. The maximum atomic E-state index is 13.1. The molecule has 33 heavy (non-hydrogen) atoms. The molecule has 7 heteroatoms. The Labute approximate surface area is 198 Å². The van der Waals surface area contributed by atoms with Gasteiger partial charge in [0.05, 0.1) is 17.0 Å². The van der Waals surface area contributed by atoms with Crippen molar-refractivity contribution >= 4 is 28.7 Å². The van der Waals surface area contributed by atoms with Crippen LogP contribution in [-0.4, -0.2) is 44.5 Å². The number of carbonyl (C=O) groups excluding carboxylic acids is 2. The first-order chi connectivity index (χ1) is 15.9. The number of rotatable bonds is 9. The van der Waals surface area contributed by atoms with E-state index in [1.807, 2.05) is 62.4 Å². The number of hydrogen-bond donors (Lipinski definition) is 3. The zero-order chi connectivity index (χ0) is 23.4. The van der Waals surface area contributed by atoms with Crippen LogP contribution in [0.4, 0.5) is 5.69 Å². The van der Waals surface area contributed by atoms with Crippen molar-refractivity contribution in [3.63, 3.8) is 0 Å². The second kappa shape index (κ2) is 10.3. The molecule has 6 nitrogen and oxygen atoms in total. The maximum absolute atomic E-state index is 13.1. The summed E-state index contributed by atoms with van der Waals surface area (Å²) in [7, 11) is 1.52. The number of aryl methyl sites for hydroxylation is 1. The Morgan fingerprint density at radius 3 is 2.70 bits per heavy atom. The van der Waals surface area contributed by atoms with Crippen molar-refractivity contribution in [1.82, 2.24) is 10.6 Å². The fourth-order valence-corrected chi connectivity index (χ4v) is 4.67. The van der Waals surface area contributed by atoms with Gasteiger partial charge in [0.15, 0.2) is 5.78 Å². The fraction of sp³-hybridized carbons (Fsp3) is 0.308. The maximum Gasteiger partial charge on any atom is 0.252 e. The average molecular weight is 464 g/mol. The Bertz CT molecular complexity index is 1150. The predicted molar refractivity (Wildman–Crippen MR) is 133 cm³/mol. The molecule has 2 heterocycles. The number of ether oxygens (including phenoxy) is 1. The number of anilines is 1. The molecule has 1 saturated heterocycles. The molecule has 1 fully saturated rings. The van der Waals surface area contributed by atoms with Crippen LogP contribution in [0.2, 0.25) is 0 Å². The van der Waals surface area contributed by atoms with Gasteiger partial charge in [0.2, 0.25) is 0 Å². The summed E-state index contributed by atoms with van der Waals surface area (Å²) in [6.07, 6.45) is 0. The number of nitrogens with one attached hydrogen (secondary N) is 3. The zero-order valence-electron chi connectivity index (χ0n) is 19.1. The number of amides is 1. The average Bonchev–Trinajstić information content (AvgIpc) is 3.28. The highest BCUT2D eigenvalue weighted by Crippen LogP contribution is 2.30. The van der Waals surface area contributed by atoms with Gasteiger partial charge in [0, 0.05) is 36.3 Å². The van der Waals surface area contributed by atoms with Crippen molar-refractivity contribution in [3.8, 4) is 10.4 Å². The SMILES string of the molecule is COCC(=O)c1ccc(-c2cccc(C(C)NC(=O)c3cc(NC4CNC4)ccc3C)c2)s1. The number of benzene rings is 2. The van der Waals surface area contributed by atoms with Crippen LogP contribution < -0.4 is 16.0 Å². The molecule has 0 aliphatic carbocycles. The number of carbonyl (C=O) groups is 2. The monoisotopic (exact) mass is 463 g/mol. The summed E-state index contributed by atoms with van der Waals surface area (Å²) in [6.45, 7) is 5.89. The van der Waals surface area contributed by atoms with Crippen molar-refractivity contribution in [2.75, 3.05) is 32.1 Å². The molecular weight excluding hydrogens is 434 g/mol. The topological polar surface area (TPSA) is 79.5 Å². The van der Waals surface area contributed by atoms with Crippen molar-refractivity contribution in [3.05, 3.63) is 76.2 Å².